The highest BCUT2D eigenvalue weighted by Gasteiger charge is 2.24. The molecule has 0 spiro atoms. The Balaban J connectivity index is 2.00. The van der Waals surface area contributed by atoms with E-state index in [9.17, 15) is 17.2 Å². The van der Waals surface area contributed by atoms with Gasteiger partial charge in [-0.25, -0.2) is 18.4 Å². The third-order valence-electron chi connectivity index (χ3n) is 3.19. The van der Waals surface area contributed by atoms with E-state index in [1.165, 1.54) is 4.68 Å². The summed E-state index contributed by atoms with van der Waals surface area (Å²) in [5, 5.41) is 3.34. The van der Waals surface area contributed by atoms with E-state index in [4.69, 9.17) is 0 Å². The maximum Gasteiger partial charge on any atom is 0.299 e. The van der Waals surface area contributed by atoms with Crippen molar-refractivity contribution < 1.29 is 17.2 Å². The molecule has 3 rings (SSSR count). The molecule has 0 radical (unpaired) electrons. The van der Waals surface area contributed by atoms with Gasteiger partial charge in [-0.1, -0.05) is 24.3 Å². The molecule has 0 aliphatic carbocycles. The molecule has 6 nitrogen and oxygen atoms in total. The van der Waals surface area contributed by atoms with Gasteiger partial charge in [-0.2, -0.15) is 8.42 Å². The fourth-order valence-corrected chi connectivity index (χ4v) is 3.07. The summed E-state index contributed by atoms with van der Waals surface area (Å²) in [6, 6.07) is 11.8. The third-order valence-corrected chi connectivity index (χ3v) is 4.32. The summed E-state index contributed by atoms with van der Waals surface area (Å²) in [7, 11) is -4.34. The summed E-state index contributed by atoms with van der Waals surface area (Å²) in [5.74, 6) is -1.74. The first-order valence-corrected chi connectivity index (χ1v) is 8.33. The molecule has 24 heavy (non-hydrogen) atoms. The molecule has 0 atom stereocenters. The molecule has 0 fully saturated rings. The summed E-state index contributed by atoms with van der Waals surface area (Å²) < 4.78 is 55.1. The SMILES string of the molecule is Cc1nc(S(=O)(=O)Nc2c(F)cccc2F)nn1-c1ccccc1. The molecule has 9 heteroatoms. The van der Waals surface area contributed by atoms with Gasteiger partial charge in [-0.3, -0.25) is 4.72 Å². The Morgan fingerprint density at radius 1 is 1.00 bits per heavy atom. The van der Waals surface area contributed by atoms with Crippen molar-refractivity contribution in [3.05, 3.63) is 66.0 Å². The molecule has 0 aliphatic rings. The molecule has 3 aromatic rings. The number of hydrogen-bond acceptors (Lipinski definition) is 4. The third kappa shape index (κ3) is 2.98. The average molecular weight is 350 g/mol. The number of anilines is 1. The van der Waals surface area contributed by atoms with Gasteiger partial charge in [0.2, 0.25) is 0 Å². The van der Waals surface area contributed by atoms with Gasteiger partial charge in [0.25, 0.3) is 15.2 Å². The number of halogens is 2. The van der Waals surface area contributed by atoms with Crippen LogP contribution in [0.4, 0.5) is 14.5 Å². The van der Waals surface area contributed by atoms with Gasteiger partial charge in [0, 0.05) is 0 Å². The topological polar surface area (TPSA) is 76.9 Å². The first kappa shape index (κ1) is 16.1. The lowest BCUT2D eigenvalue weighted by atomic mass is 10.3. The van der Waals surface area contributed by atoms with Crippen LogP contribution in [0.3, 0.4) is 0 Å². The summed E-state index contributed by atoms with van der Waals surface area (Å²) in [4.78, 5) is 3.87. The molecule has 0 unspecified atom stereocenters. The highest BCUT2D eigenvalue weighted by molar-refractivity contribution is 7.92. The summed E-state index contributed by atoms with van der Waals surface area (Å²) in [5.41, 5.74) is -0.160. The molecular weight excluding hydrogens is 338 g/mol. The lowest BCUT2D eigenvalue weighted by molar-refractivity contribution is 0.578. The number of benzene rings is 2. The molecule has 124 valence electrons. The van der Waals surface area contributed by atoms with Crippen LogP contribution in [0.15, 0.2) is 53.7 Å². The Labute approximate surface area is 136 Å². The quantitative estimate of drug-likeness (QED) is 0.785. The smallest absolute Gasteiger partial charge is 0.271 e. The van der Waals surface area contributed by atoms with Crippen LogP contribution in [-0.4, -0.2) is 23.2 Å². The number of hydrogen-bond donors (Lipinski definition) is 1. The first-order valence-electron chi connectivity index (χ1n) is 6.84. The predicted molar refractivity (Wildman–Crippen MR) is 83.3 cm³/mol. The van der Waals surface area contributed by atoms with Crippen molar-refractivity contribution in [1.29, 1.82) is 0 Å². The second-order valence-corrected chi connectivity index (χ2v) is 6.47. The Kier molecular flexibility index (Phi) is 4.02. The standard InChI is InChI=1S/C15H12F2N4O2S/c1-10-18-15(19-21(10)11-6-3-2-4-7-11)24(22,23)20-14-12(16)8-5-9-13(14)17/h2-9,20H,1H3. The number of aromatic nitrogens is 3. The fraction of sp³-hybridized carbons (Fsp3) is 0.0667. The molecule has 0 saturated heterocycles. The van der Waals surface area contributed by atoms with E-state index < -0.39 is 32.5 Å². The maximum atomic E-state index is 13.6. The van der Waals surface area contributed by atoms with Crippen molar-refractivity contribution in [2.45, 2.75) is 12.1 Å². The average Bonchev–Trinajstić information content (AvgIpc) is 2.95. The van der Waals surface area contributed by atoms with Gasteiger partial charge < -0.3 is 0 Å². The van der Waals surface area contributed by atoms with Crippen molar-refractivity contribution in [3.63, 3.8) is 0 Å². The van der Waals surface area contributed by atoms with Crippen molar-refractivity contribution in [2.24, 2.45) is 0 Å². The van der Waals surface area contributed by atoms with Crippen LogP contribution in [-0.2, 0) is 10.0 Å². The highest BCUT2D eigenvalue weighted by Crippen LogP contribution is 2.21. The van der Waals surface area contributed by atoms with E-state index in [0.717, 1.165) is 18.2 Å². The Morgan fingerprint density at radius 2 is 1.62 bits per heavy atom. The zero-order valence-electron chi connectivity index (χ0n) is 12.4. The van der Waals surface area contributed by atoms with Crippen molar-refractivity contribution >= 4 is 15.7 Å². The zero-order chi connectivity index (χ0) is 17.3. The van der Waals surface area contributed by atoms with Crippen LogP contribution in [0.1, 0.15) is 5.82 Å². The Hall–Kier alpha value is -2.81. The maximum absolute atomic E-state index is 13.6. The number of rotatable bonds is 4. The van der Waals surface area contributed by atoms with Gasteiger partial charge in [0.1, 0.15) is 23.1 Å². The number of aryl methyl sites for hydroxylation is 1. The van der Waals surface area contributed by atoms with E-state index in [-0.39, 0.29) is 0 Å². The number of sulfonamides is 1. The number of nitrogens with zero attached hydrogens (tertiary/aromatic N) is 3. The zero-order valence-corrected chi connectivity index (χ0v) is 13.3. The van der Waals surface area contributed by atoms with Gasteiger partial charge in [0.15, 0.2) is 0 Å². The van der Waals surface area contributed by atoms with Crippen LogP contribution in [0, 0.1) is 18.6 Å². The lowest BCUT2D eigenvalue weighted by Crippen LogP contribution is -2.17. The first-order chi connectivity index (χ1) is 11.4. The van der Waals surface area contributed by atoms with Crippen molar-refractivity contribution in [3.8, 4) is 5.69 Å². The molecule has 0 amide bonds. The van der Waals surface area contributed by atoms with E-state index in [1.807, 2.05) is 4.72 Å². The van der Waals surface area contributed by atoms with Crippen molar-refractivity contribution in [1.82, 2.24) is 14.8 Å². The molecule has 1 aromatic heterocycles. The molecule has 0 bridgehead atoms. The Morgan fingerprint density at radius 3 is 2.25 bits per heavy atom. The summed E-state index contributed by atoms with van der Waals surface area (Å²) >= 11 is 0. The summed E-state index contributed by atoms with van der Waals surface area (Å²) in [6.07, 6.45) is 0. The normalized spacial score (nSPS) is 11.5. The Bertz CT molecular complexity index is 968. The van der Waals surface area contributed by atoms with Crippen LogP contribution in [0.2, 0.25) is 0 Å². The van der Waals surface area contributed by atoms with E-state index >= 15 is 0 Å². The number of para-hydroxylation sites is 2. The minimum absolute atomic E-state index is 0.315. The molecule has 1 heterocycles. The van der Waals surface area contributed by atoms with Gasteiger partial charge in [-0.05, 0) is 31.2 Å². The second-order valence-electron chi connectivity index (χ2n) is 4.89. The largest absolute Gasteiger partial charge is 0.299 e. The molecular formula is C15H12F2N4O2S. The number of nitrogens with one attached hydrogen (secondary N) is 1. The highest BCUT2D eigenvalue weighted by atomic mass is 32.2. The minimum Gasteiger partial charge on any atom is -0.271 e. The van der Waals surface area contributed by atoms with Gasteiger partial charge >= 0.3 is 0 Å². The lowest BCUT2D eigenvalue weighted by Gasteiger charge is -2.07. The summed E-state index contributed by atoms with van der Waals surface area (Å²) in [6.45, 7) is 1.57. The van der Waals surface area contributed by atoms with Gasteiger partial charge in [-0.15, -0.1) is 5.10 Å². The monoisotopic (exact) mass is 350 g/mol. The second kappa shape index (κ2) is 6.00. The van der Waals surface area contributed by atoms with E-state index in [2.05, 4.69) is 10.1 Å². The van der Waals surface area contributed by atoms with E-state index in [1.54, 1.807) is 37.3 Å². The van der Waals surface area contributed by atoms with Crippen LogP contribution < -0.4 is 4.72 Å². The van der Waals surface area contributed by atoms with Crippen LogP contribution in [0.5, 0.6) is 0 Å². The van der Waals surface area contributed by atoms with Crippen molar-refractivity contribution in [2.75, 3.05) is 4.72 Å². The molecule has 0 aliphatic heterocycles. The molecule has 0 saturated carbocycles. The van der Waals surface area contributed by atoms with Crippen LogP contribution >= 0.6 is 0 Å². The molecule has 1 N–H and O–H groups in total. The fourth-order valence-electron chi connectivity index (χ4n) is 2.07. The predicted octanol–water partition coefficient (Wildman–Crippen LogP) is 2.65. The minimum atomic E-state index is -4.34. The van der Waals surface area contributed by atoms with Crippen LogP contribution in [0.25, 0.3) is 5.69 Å². The van der Waals surface area contributed by atoms with Gasteiger partial charge in [0.05, 0.1) is 5.69 Å². The van der Waals surface area contributed by atoms with E-state index in [0.29, 0.717) is 11.5 Å². The molecule has 2 aromatic carbocycles.